The van der Waals surface area contributed by atoms with Crippen LogP contribution in [0, 0.1) is 12.1 Å². The zero-order valence-corrected chi connectivity index (χ0v) is 8.94. The van der Waals surface area contributed by atoms with Gasteiger partial charge >= 0.3 is 0 Å². The van der Waals surface area contributed by atoms with Crippen molar-refractivity contribution in [3.05, 3.63) is 47.3 Å². The highest BCUT2D eigenvalue weighted by molar-refractivity contribution is 8.93. The predicted molar refractivity (Wildman–Crippen MR) is 58.0 cm³/mol. The third-order valence-corrected chi connectivity index (χ3v) is 2.03. The van der Waals surface area contributed by atoms with Crippen LogP contribution in [0.15, 0.2) is 36.5 Å². The van der Waals surface area contributed by atoms with E-state index in [1.165, 1.54) is 6.20 Å². The van der Waals surface area contributed by atoms with Gasteiger partial charge in [0.2, 0.25) is 5.52 Å². The van der Waals surface area contributed by atoms with Crippen molar-refractivity contribution in [1.82, 2.24) is 0 Å². The Labute approximate surface area is 87.2 Å². The first-order valence-corrected chi connectivity index (χ1v) is 3.86. The third kappa shape index (κ3) is 1.65. The predicted octanol–water partition coefficient (Wildman–Crippen LogP) is 2.36. The van der Waals surface area contributed by atoms with E-state index in [-0.39, 0.29) is 17.0 Å². The molecule has 0 amide bonds. The molecular formula is C10H10BrNO. The Morgan fingerprint density at radius 3 is 2.54 bits per heavy atom. The molecule has 2 rings (SSSR count). The Morgan fingerprint density at radius 2 is 1.85 bits per heavy atom. The van der Waals surface area contributed by atoms with Gasteiger partial charge in [0.05, 0.1) is 5.39 Å². The van der Waals surface area contributed by atoms with Crippen LogP contribution < -0.4 is 4.73 Å². The Hall–Kier alpha value is -1.09. The number of aromatic nitrogens is 1. The number of nitrogens with zero attached hydrogens (tertiary/aromatic N) is 1. The van der Waals surface area contributed by atoms with Gasteiger partial charge in [0.25, 0.3) is 0 Å². The van der Waals surface area contributed by atoms with Crippen molar-refractivity contribution in [2.75, 3.05) is 0 Å². The van der Waals surface area contributed by atoms with Crippen molar-refractivity contribution in [2.45, 2.75) is 6.92 Å². The SMILES string of the molecule is Br.Cc1cc[n+]([O-])c2ccccc12. The molecule has 0 bridgehead atoms. The largest absolute Gasteiger partial charge is 0.618 e. The summed E-state index contributed by atoms with van der Waals surface area (Å²) in [5, 5.41) is 12.3. The van der Waals surface area contributed by atoms with Gasteiger partial charge in [0.1, 0.15) is 0 Å². The van der Waals surface area contributed by atoms with E-state index in [4.69, 9.17) is 0 Å². The topological polar surface area (TPSA) is 26.9 Å². The number of fused-ring (bicyclic) bond motifs is 1. The maximum Gasteiger partial charge on any atom is 0.223 e. The lowest BCUT2D eigenvalue weighted by atomic mass is 10.1. The van der Waals surface area contributed by atoms with Crippen LogP contribution in [-0.2, 0) is 0 Å². The Morgan fingerprint density at radius 1 is 1.15 bits per heavy atom. The fraction of sp³-hybridized carbons (Fsp3) is 0.100. The molecule has 0 aliphatic heterocycles. The van der Waals surface area contributed by atoms with Crippen LogP contribution in [0.2, 0.25) is 0 Å². The molecular weight excluding hydrogens is 230 g/mol. The molecule has 1 aromatic heterocycles. The highest BCUT2D eigenvalue weighted by atomic mass is 79.9. The van der Waals surface area contributed by atoms with Crippen molar-refractivity contribution in [1.29, 1.82) is 0 Å². The molecule has 3 heteroatoms. The Kier molecular flexibility index (Phi) is 2.88. The maximum atomic E-state index is 11.2. The summed E-state index contributed by atoms with van der Waals surface area (Å²) in [6.07, 6.45) is 1.54. The number of pyridine rings is 1. The second-order valence-corrected chi connectivity index (χ2v) is 2.84. The number of hydrogen-bond donors (Lipinski definition) is 0. The summed E-state index contributed by atoms with van der Waals surface area (Å²) in [5.74, 6) is 0. The first-order chi connectivity index (χ1) is 5.79. The van der Waals surface area contributed by atoms with E-state index in [0.717, 1.165) is 21.2 Å². The lowest BCUT2D eigenvalue weighted by Crippen LogP contribution is -2.26. The Bertz CT molecular complexity index is 388. The van der Waals surface area contributed by atoms with Gasteiger partial charge in [-0.1, -0.05) is 12.1 Å². The molecule has 0 saturated heterocycles. The van der Waals surface area contributed by atoms with Crippen LogP contribution >= 0.6 is 17.0 Å². The van der Waals surface area contributed by atoms with Gasteiger partial charge in [0, 0.05) is 12.1 Å². The third-order valence-electron chi connectivity index (χ3n) is 2.03. The molecule has 0 atom stereocenters. The molecule has 0 N–H and O–H groups in total. The molecule has 0 aliphatic rings. The minimum absolute atomic E-state index is 0. The summed E-state index contributed by atoms with van der Waals surface area (Å²) in [4.78, 5) is 0. The molecule has 1 aromatic carbocycles. The Balaban J connectivity index is 0.000000845. The minimum Gasteiger partial charge on any atom is -0.618 e. The van der Waals surface area contributed by atoms with Gasteiger partial charge in [-0.15, -0.1) is 17.0 Å². The minimum atomic E-state index is 0. The number of para-hydroxylation sites is 1. The van der Waals surface area contributed by atoms with Crippen LogP contribution in [0.4, 0.5) is 0 Å². The summed E-state index contributed by atoms with van der Waals surface area (Å²) in [5.41, 5.74) is 1.87. The summed E-state index contributed by atoms with van der Waals surface area (Å²) in [7, 11) is 0. The van der Waals surface area contributed by atoms with Crippen molar-refractivity contribution in [3.63, 3.8) is 0 Å². The monoisotopic (exact) mass is 239 g/mol. The highest BCUT2D eigenvalue weighted by Gasteiger charge is 2.02. The zero-order chi connectivity index (χ0) is 8.55. The summed E-state index contributed by atoms with van der Waals surface area (Å²) >= 11 is 0. The van der Waals surface area contributed by atoms with E-state index >= 15 is 0 Å². The first kappa shape index (κ1) is 9.99. The average Bonchev–Trinajstić information content (AvgIpc) is 2.12. The molecule has 0 fully saturated rings. The molecule has 0 spiro atoms. The van der Waals surface area contributed by atoms with Gasteiger partial charge in [-0.2, -0.15) is 4.73 Å². The molecule has 0 radical (unpaired) electrons. The van der Waals surface area contributed by atoms with Crippen LogP contribution in [0.1, 0.15) is 5.56 Å². The standard InChI is InChI=1S/C10H9NO.BrH/c1-8-6-7-11(12)10-5-3-2-4-9(8)10;/h2-7H,1H3;1H. The summed E-state index contributed by atoms with van der Waals surface area (Å²) in [6.45, 7) is 2.00. The molecule has 1 heterocycles. The average molecular weight is 240 g/mol. The fourth-order valence-corrected chi connectivity index (χ4v) is 1.35. The number of aryl methyl sites for hydroxylation is 1. The van der Waals surface area contributed by atoms with Crippen LogP contribution in [0.5, 0.6) is 0 Å². The second-order valence-electron chi connectivity index (χ2n) is 2.84. The number of benzene rings is 1. The lowest BCUT2D eigenvalue weighted by molar-refractivity contribution is -0.577. The smallest absolute Gasteiger partial charge is 0.223 e. The zero-order valence-electron chi connectivity index (χ0n) is 7.23. The lowest BCUT2D eigenvalue weighted by Gasteiger charge is -2.02. The van der Waals surface area contributed by atoms with Gasteiger partial charge in [0.15, 0.2) is 6.20 Å². The van der Waals surface area contributed by atoms with Crippen LogP contribution in [-0.4, -0.2) is 0 Å². The van der Waals surface area contributed by atoms with E-state index in [9.17, 15) is 5.21 Å². The van der Waals surface area contributed by atoms with Crippen LogP contribution in [0.3, 0.4) is 0 Å². The molecule has 13 heavy (non-hydrogen) atoms. The number of rotatable bonds is 0. The van der Waals surface area contributed by atoms with Gasteiger partial charge in [-0.05, 0) is 18.6 Å². The van der Waals surface area contributed by atoms with E-state index in [1.54, 1.807) is 0 Å². The van der Waals surface area contributed by atoms with E-state index in [2.05, 4.69) is 0 Å². The molecule has 0 aliphatic carbocycles. The van der Waals surface area contributed by atoms with Gasteiger partial charge in [-0.3, -0.25) is 0 Å². The summed E-state index contributed by atoms with van der Waals surface area (Å²) in [6, 6.07) is 9.43. The van der Waals surface area contributed by atoms with E-state index in [1.807, 2.05) is 37.3 Å². The van der Waals surface area contributed by atoms with E-state index < -0.39 is 0 Å². The number of halogens is 1. The van der Waals surface area contributed by atoms with Crippen molar-refractivity contribution < 1.29 is 4.73 Å². The highest BCUT2D eigenvalue weighted by Crippen LogP contribution is 2.12. The maximum absolute atomic E-state index is 11.2. The number of hydrogen-bond acceptors (Lipinski definition) is 1. The van der Waals surface area contributed by atoms with E-state index in [0.29, 0.717) is 0 Å². The van der Waals surface area contributed by atoms with Crippen molar-refractivity contribution >= 4 is 27.9 Å². The molecule has 0 saturated carbocycles. The molecule has 2 aromatic rings. The summed E-state index contributed by atoms with van der Waals surface area (Å²) < 4.78 is 0.891. The van der Waals surface area contributed by atoms with Gasteiger partial charge < -0.3 is 5.21 Å². The first-order valence-electron chi connectivity index (χ1n) is 3.86. The normalized spacial score (nSPS) is 9.62. The van der Waals surface area contributed by atoms with Crippen LogP contribution in [0.25, 0.3) is 10.9 Å². The fourth-order valence-electron chi connectivity index (χ4n) is 1.35. The van der Waals surface area contributed by atoms with Crippen molar-refractivity contribution in [2.24, 2.45) is 0 Å². The second kappa shape index (κ2) is 3.75. The van der Waals surface area contributed by atoms with Gasteiger partial charge in [-0.25, -0.2) is 0 Å². The quantitative estimate of drug-likeness (QED) is 0.513. The molecule has 2 nitrogen and oxygen atoms in total. The molecule has 0 unspecified atom stereocenters. The molecule has 68 valence electrons. The van der Waals surface area contributed by atoms with Crippen molar-refractivity contribution in [3.8, 4) is 0 Å².